The van der Waals surface area contributed by atoms with E-state index in [1.165, 1.54) is 6.54 Å². The lowest BCUT2D eigenvalue weighted by molar-refractivity contribution is 0.224. The van der Waals surface area contributed by atoms with Crippen molar-refractivity contribution in [2.75, 3.05) is 20.6 Å². The zero-order valence-electron chi connectivity index (χ0n) is 6.20. The molecule has 2 unspecified atom stereocenters. The number of hydrogen-bond acceptors (Lipinski definition) is 2. The van der Waals surface area contributed by atoms with Gasteiger partial charge < -0.3 is 0 Å². The standard InChI is InChI=1S/C6H13N3/c1-6-4-9(6)8(3)5-7-2/h5-6H,4H2,1-3H3/b7-5-. The Morgan fingerprint density at radius 1 is 1.78 bits per heavy atom. The summed E-state index contributed by atoms with van der Waals surface area (Å²) in [5, 5.41) is 4.25. The highest BCUT2D eigenvalue weighted by molar-refractivity contribution is 5.53. The molecule has 1 saturated heterocycles. The smallest absolute Gasteiger partial charge is 0.0988 e. The van der Waals surface area contributed by atoms with Crippen molar-refractivity contribution in [1.82, 2.24) is 10.0 Å². The molecule has 0 saturated carbocycles. The number of hydrogen-bond donors (Lipinski definition) is 0. The van der Waals surface area contributed by atoms with Gasteiger partial charge >= 0.3 is 0 Å². The van der Waals surface area contributed by atoms with Crippen molar-refractivity contribution in [2.24, 2.45) is 4.99 Å². The molecule has 0 spiro atoms. The molecule has 0 radical (unpaired) electrons. The fourth-order valence-electron chi connectivity index (χ4n) is 0.897. The van der Waals surface area contributed by atoms with Crippen LogP contribution in [-0.4, -0.2) is 43.0 Å². The van der Waals surface area contributed by atoms with Crippen LogP contribution < -0.4 is 0 Å². The summed E-state index contributed by atoms with van der Waals surface area (Å²) in [6.07, 6.45) is 1.82. The summed E-state index contributed by atoms with van der Waals surface area (Å²) >= 11 is 0. The lowest BCUT2D eigenvalue weighted by Gasteiger charge is -2.12. The van der Waals surface area contributed by atoms with Gasteiger partial charge in [-0.15, -0.1) is 0 Å². The summed E-state index contributed by atoms with van der Waals surface area (Å²) in [6, 6.07) is 0.716. The second-order valence-electron chi connectivity index (χ2n) is 2.42. The molecule has 1 rings (SSSR count). The highest BCUT2D eigenvalue weighted by Gasteiger charge is 2.31. The fourth-order valence-corrected chi connectivity index (χ4v) is 0.897. The molecule has 0 N–H and O–H groups in total. The maximum Gasteiger partial charge on any atom is 0.0988 e. The fraction of sp³-hybridized carbons (Fsp3) is 0.833. The van der Waals surface area contributed by atoms with Crippen LogP contribution in [0.4, 0.5) is 0 Å². The zero-order valence-corrected chi connectivity index (χ0v) is 6.20. The lowest BCUT2D eigenvalue weighted by atomic mass is 10.6. The van der Waals surface area contributed by atoms with Crippen molar-refractivity contribution in [1.29, 1.82) is 0 Å². The Bertz CT molecular complexity index is 121. The average molecular weight is 127 g/mol. The van der Waals surface area contributed by atoms with Crippen LogP contribution in [0, 0.1) is 0 Å². The third-order valence-electron chi connectivity index (χ3n) is 1.51. The van der Waals surface area contributed by atoms with E-state index in [9.17, 15) is 0 Å². The topological polar surface area (TPSA) is 18.6 Å². The number of nitrogens with zero attached hydrogens (tertiary/aromatic N) is 3. The number of hydrazine groups is 1. The Labute approximate surface area is 55.9 Å². The molecular formula is C6H13N3. The Hall–Kier alpha value is -0.570. The quantitative estimate of drug-likeness (QED) is 0.299. The molecule has 52 valence electrons. The minimum Gasteiger partial charge on any atom is -0.299 e. The normalized spacial score (nSPS) is 33.2. The average Bonchev–Trinajstić information content (AvgIpc) is 2.47. The van der Waals surface area contributed by atoms with Crippen LogP contribution in [0.15, 0.2) is 4.99 Å². The van der Waals surface area contributed by atoms with Crippen LogP contribution in [0.1, 0.15) is 6.92 Å². The second kappa shape index (κ2) is 2.35. The first-order valence-electron chi connectivity index (χ1n) is 3.17. The van der Waals surface area contributed by atoms with Crippen LogP contribution in [0.3, 0.4) is 0 Å². The highest BCUT2D eigenvalue weighted by atomic mass is 15.7. The predicted molar refractivity (Wildman–Crippen MR) is 38.3 cm³/mol. The Morgan fingerprint density at radius 2 is 2.33 bits per heavy atom. The summed E-state index contributed by atoms with van der Waals surface area (Å²) in [7, 11) is 3.79. The molecule has 3 heteroatoms. The largest absolute Gasteiger partial charge is 0.299 e. The van der Waals surface area contributed by atoms with Gasteiger partial charge in [0, 0.05) is 26.7 Å². The molecule has 2 atom stereocenters. The van der Waals surface area contributed by atoms with Gasteiger partial charge in [-0.1, -0.05) is 0 Å². The molecule has 3 nitrogen and oxygen atoms in total. The van der Waals surface area contributed by atoms with Gasteiger partial charge in [-0.2, -0.15) is 0 Å². The van der Waals surface area contributed by atoms with Crippen LogP contribution in [-0.2, 0) is 0 Å². The summed E-state index contributed by atoms with van der Waals surface area (Å²) in [4.78, 5) is 3.89. The second-order valence-corrected chi connectivity index (χ2v) is 2.42. The van der Waals surface area contributed by atoms with Crippen molar-refractivity contribution in [3.63, 3.8) is 0 Å². The van der Waals surface area contributed by atoms with Crippen molar-refractivity contribution in [3.8, 4) is 0 Å². The lowest BCUT2D eigenvalue weighted by Crippen LogP contribution is -2.24. The van der Waals surface area contributed by atoms with Gasteiger partial charge in [0.05, 0.1) is 6.34 Å². The molecule has 0 aromatic carbocycles. The zero-order chi connectivity index (χ0) is 6.85. The van der Waals surface area contributed by atoms with Crippen LogP contribution in [0.5, 0.6) is 0 Å². The molecule has 9 heavy (non-hydrogen) atoms. The Balaban J connectivity index is 2.27. The van der Waals surface area contributed by atoms with Crippen LogP contribution >= 0.6 is 0 Å². The molecule has 1 aliphatic rings. The maximum absolute atomic E-state index is 3.89. The van der Waals surface area contributed by atoms with E-state index >= 15 is 0 Å². The van der Waals surface area contributed by atoms with Gasteiger partial charge in [0.15, 0.2) is 0 Å². The summed E-state index contributed by atoms with van der Waals surface area (Å²) < 4.78 is 0. The maximum atomic E-state index is 3.89. The molecular weight excluding hydrogens is 114 g/mol. The van der Waals surface area contributed by atoms with Gasteiger partial charge in [0.1, 0.15) is 0 Å². The number of aliphatic imine (C=N–C) groups is 1. The van der Waals surface area contributed by atoms with E-state index in [4.69, 9.17) is 0 Å². The van der Waals surface area contributed by atoms with Gasteiger partial charge in [0.2, 0.25) is 0 Å². The molecule has 0 bridgehead atoms. The molecule has 0 aromatic rings. The van der Waals surface area contributed by atoms with Crippen molar-refractivity contribution >= 4 is 6.34 Å². The minimum absolute atomic E-state index is 0.716. The van der Waals surface area contributed by atoms with Gasteiger partial charge in [0.25, 0.3) is 0 Å². The van der Waals surface area contributed by atoms with E-state index in [0.29, 0.717) is 6.04 Å². The van der Waals surface area contributed by atoms with Crippen molar-refractivity contribution < 1.29 is 0 Å². The summed E-state index contributed by atoms with van der Waals surface area (Å²) in [5.41, 5.74) is 0. The summed E-state index contributed by atoms with van der Waals surface area (Å²) in [5.74, 6) is 0. The van der Waals surface area contributed by atoms with E-state index in [2.05, 4.69) is 16.9 Å². The SMILES string of the molecule is C/N=C\N(C)N1CC1C. The number of rotatable bonds is 2. The first kappa shape index (κ1) is 6.55. The molecule has 0 aromatic heterocycles. The molecule has 1 heterocycles. The predicted octanol–water partition coefficient (Wildman–Crippen LogP) is 0.195. The Morgan fingerprint density at radius 3 is 2.67 bits per heavy atom. The molecule has 1 aliphatic heterocycles. The third-order valence-corrected chi connectivity index (χ3v) is 1.51. The highest BCUT2D eigenvalue weighted by Crippen LogP contribution is 2.16. The van der Waals surface area contributed by atoms with E-state index < -0.39 is 0 Å². The monoisotopic (exact) mass is 127 g/mol. The third kappa shape index (κ3) is 1.42. The molecule has 0 aliphatic carbocycles. The Kier molecular flexibility index (Phi) is 1.71. The van der Waals surface area contributed by atoms with E-state index in [0.717, 1.165) is 0 Å². The minimum atomic E-state index is 0.716. The summed E-state index contributed by atoms with van der Waals surface area (Å²) in [6.45, 7) is 3.36. The molecule has 1 fully saturated rings. The first-order valence-corrected chi connectivity index (χ1v) is 3.17. The van der Waals surface area contributed by atoms with Crippen molar-refractivity contribution in [3.05, 3.63) is 0 Å². The van der Waals surface area contributed by atoms with Gasteiger partial charge in [-0.3, -0.25) is 10.0 Å². The van der Waals surface area contributed by atoms with Gasteiger partial charge in [-0.05, 0) is 6.92 Å². The van der Waals surface area contributed by atoms with E-state index in [1.807, 2.05) is 18.4 Å². The van der Waals surface area contributed by atoms with Gasteiger partial charge in [-0.25, -0.2) is 5.01 Å². The first-order chi connectivity index (χ1) is 4.25. The van der Waals surface area contributed by atoms with Crippen molar-refractivity contribution in [2.45, 2.75) is 13.0 Å². The van der Waals surface area contributed by atoms with E-state index in [-0.39, 0.29) is 0 Å². The van der Waals surface area contributed by atoms with Crippen LogP contribution in [0.2, 0.25) is 0 Å². The van der Waals surface area contributed by atoms with E-state index in [1.54, 1.807) is 7.05 Å². The molecule has 0 amide bonds. The van der Waals surface area contributed by atoms with Crippen LogP contribution in [0.25, 0.3) is 0 Å².